The van der Waals surface area contributed by atoms with Crippen molar-refractivity contribution in [2.24, 2.45) is 0 Å². The predicted molar refractivity (Wildman–Crippen MR) is 135 cm³/mol. The minimum Gasteiger partial charge on any atom is -0.306 e. The summed E-state index contributed by atoms with van der Waals surface area (Å²) in [5.74, 6) is 2.01. The number of aromatic nitrogens is 2. The first-order valence-corrected chi connectivity index (χ1v) is 14.1. The minimum absolute atomic E-state index is 0.226. The molecule has 0 atom stereocenters. The molecule has 3 heterocycles. The summed E-state index contributed by atoms with van der Waals surface area (Å²) >= 11 is 1.78. The van der Waals surface area contributed by atoms with Gasteiger partial charge in [-0.2, -0.15) is 21.2 Å². The first kappa shape index (κ1) is 23.1. The number of anilines is 1. The summed E-state index contributed by atoms with van der Waals surface area (Å²) in [4.78, 5) is 13.4. The van der Waals surface area contributed by atoms with Crippen LogP contribution in [0.15, 0.2) is 47.4 Å². The molecule has 0 saturated carbocycles. The number of hydrogen-bond acceptors (Lipinski definition) is 5. The van der Waals surface area contributed by atoms with Crippen LogP contribution in [0.1, 0.15) is 52.0 Å². The number of piperidine rings is 1. The van der Waals surface area contributed by atoms with Crippen LogP contribution in [0.5, 0.6) is 0 Å². The second-order valence-electron chi connectivity index (χ2n) is 8.91. The van der Waals surface area contributed by atoms with Crippen molar-refractivity contribution in [1.82, 2.24) is 14.1 Å². The molecule has 2 aliphatic heterocycles. The molecule has 0 unspecified atom stereocenters. The molecule has 0 bridgehead atoms. The molecule has 1 amide bonds. The topological polar surface area (TPSA) is 84.3 Å². The number of rotatable bonds is 5. The Kier molecular flexibility index (Phi) is 6.26. The summed E-state index contributed by atoms with van der Waals surface area (Å²) < 4.78 is 29.2. The number of thioether (sulfide) groups is 1. The number of aryl methyl sites for hydroxylation is 2. The Bertz CT molecular complexity index is 1340. The molecular formula is C25H28N4O3S2. The van der Waals surface area contributed by atoms with Gasteiger partial charge < -0.3 is 5.32 Å². The number of fused-ring (bicyclic) bond motifs is 1. The van der Waals surface area contributed by atoms with Crippen molar-refractivity contribution in [3.63, 3.8) is 0 Å². The Morgan fingerprint density at radius 3 is 2.44 bits per heavy atom. The van der Waals surface area contributed by atoms with Crippen LogP contribution in [0, 0.1) is 13.8 Å². The summed E-state index contributed by atoms with van der Waals surface area (Å²) in [6.07, 6.45) is 2.83. The highest BCUT2D eigenvalue weighted by Gasteiger charge is 2.27. The van der Waals surface area contributed by atoms with Gasteiger partial charge in [0.05, 0.1) is 16.3 Å². The molecule has 1 aromatic heterocycles. The number of nitrogens with one attached hydrogen (secondary N) is 1. The maximum absolute atomic E-state index is 13.2. The standard InChI is InChI=1S/C25H28N4O3S2/c1-17-6-11-23(18(2)14-17)29-24(21-15-33-16-22(21)27-29)26-25(30)19-7-9-20(10-8-19)34(31,32)28-12-4-3-5-13-28/h6-11,14H,3-5,12-13,15-16H2,1-2H3,(H,26,30). The zero-order valence-corrected chi connectivity index (χ0v) is 21.0. The van der Waals surface area contributed by atoms with E-state index < -0.39 is 10.0 Å². The van der Waals surface area contributed by atoms with Crippen LogP contribution in [0.2, 0.25) is 0 Å². The number of carbonyl (C=O) groups is 1. The van der Waals surface area contributed by atoms with E-state index in [-0.39, 0.29) is 10.8 Å². The molecular weight excluding hydrogens is 468 g/mol. The van der Waals surface area contributed by atoms with E-state index in [1.54, 1.807) is 23.9 Å². The Morgan fingerprint density at radius 2 is 1.74 bits per heavy atom. The van der Waals surface area contributed by atoms with Crippen LogP contribution in [0.25, 0.3) is 5.69 Å². The van der Waals surface area contributed by atoms with Crippen molar-refractivity contribution >= 4 is 33.5 Å². The highest BCUT2D eigenvalue weighted by atomic mass is 32.2. The molecule has 9 heteroatoms. The molecule has 1 fully saturated rings. The number of sulfonamides is 1. The average Bonchev–Trinajstić information content (AvgIpc) is 3.42. The number of amides is 1. The molecule has 34 heavy (non-hydrogen) atoms. The Balaban J connectivity index is 1.42. The largest absolute Gasteiger partial charge is 0.306 e. The second-order valence-corrected chi connectivity index (χ2v) is 11.8. The fraction of sp³-hybridized carbons (Fsp3) is 0.360. The monoisotopic (exact) mass is 496 g/mol. The van der Waals surface area contributed by atoms with Crippen LogP contribution < -0.4 is 5.32 Å². The van der Waals surface area contributed by atoms with E-state index in [9.17, 15) is 13.2 Å². The third-order valence-corrected chi connectivity index (χ3v) is 9.32. The Morgan fingerprint density at radius 1 is 1.00 bits per heavy atom. The molecule has 7 nitrogen and oxygen atoms in total. The van der Waals surface area contributed by atoms with Crippen molar-refractivity contribution in [2.45, 2.75) is 49.5 Å². The highest BCUT2D eigenvalue weighted by molar-refractivity contribution is 7.98. The molecule has 2 aliphatic rings. The van der Waals surface area contributed by atoms with Gasteiger partial charge in [-0.1, -0.05) is 24.1 Å². The van der Waals surface area contributed by atoms with Gasteiger partial charge in [0.15, 0.2) is 0 Å². The number of hydrogen-bond donors (Lipinski definition) is 1. The van der Waals surface area contributed by atoms with Gasteiger partial charge >= 0.3 is 0 Å². The molecule has 0 radical (unpaired) electrons. The Labute approximate surface area is 204 Å². The second kappa shape index (κ2) is 9.20. The van der Waals surface area contributed by atoms with E-state index in [4.69, 9.17) is 5.10 Å². The van der Waals surface area contributed by atoms with Crippen molar-refractivity contribution in [2.75, 3.05) is 18.4 Å². The van der Waals surface area contributed by atoms with E-state index in [0.29, 0.717) is 24.5 Å². The predicted octanol–water partition coefficient (Wildman–Crippen LogP) is 4.66. The van der Waals surface area contributed by atoms with E-state index >= 15 is 0 Å². The van der Waals surface area contributed by atoms with Gasteiger partial charge in [0.25, 0.3) is 5.91 Å². The number of carbonyl (C=O) groups excluding carboxylic acids is 1. The van der Waals surface area contributed by atoms with Gasteiger partial charge in [-0.15, -0.1) is 0 Å². The molecule has 0 spiro atoms. The third-order valence-electron chi connectivity index (χ3n) is 6.43. The lowest BCUT2D eigenvalue weighted by Gasteiger charge is -2.25. The fourth-order valence-corrected chi connectivity index (χ4v) is 7.12. The van der Waals surface area contributed by atoms with Gasteiger partial charge in [0.1, 0.15) is 5.82 Å². The molecule has 3 aromatic rings. The van der Waals surface area contributed by atoms with Crippen LogP contribution >= 0.6 is 11.8 Å². The van der Waals surface area contributed by atoms with Crippen LogP contribution in [0.3, 0.4) is 0 Å². The summed E-state index contributed by atoms with van der Waals surface area (Å²) in [5, 5.41) is 7.85. The van der Waals surface area contributed by atoms with Gasteiger partial charge in [0.2, 0.25) is 10.0 Å². The van der Waals surface area contributed by atoms with Gasteiger partial charge in [-0.25, -0.2) is 13.1 Å². The van der Waals surface area contributed by atoms with Crippen LogP contribution in [-0.2, 0) is 21.5 Å². The maximum atomic E-state index is 13.2. The molecule has 2 aromatic carbocycles. The SMILES string of the molecule is Cc1ccc(-n2nc3c(c2NC(=O)c2ccc(S(=O)(=O)N4CCCCC4)cc2)CSC3)c(C)c1. The molecule has 178 valence electrons. The Hall–Kier alpha value is -2.62. The van der Waals surface area contributed by atoms with Crippen molar-refractivity contribution in [3.8, 4) is 5.69 Å². The van der Waals surface area contributed by atoms with Crippen LogP contribution in [-0.4, -0.2) is 41.5 Å². The summed E-state index contributed by atoms with van der Waals surface area (Å²) in [6.45, 7) is 5.19. The van der Waals surface area contributed by atoms with Crippen molar-refractivity contribution < 1.29 is 13.2 Å². The molecule has 1 N–H and O–H groups in total. The molecule has 5 rings (SSSR count). The zero-order valence-electron chi connectivity index (χ0n) is 19.4. The maximum Gasteiger partial charge on any atom is 0.256 e. The highest BCUT2D eigenvalue weighted by Crippen LogP contribution is 2.37. The van der Waals surface area contributed by atoms with Crippen LogP contribution in [0.4, 0.5) is 5.82 Å². The number of nitrogens with zero attached hydrogens (tertiary/aromatic N) is 3. The first-order valence-electron chi connectivity index (χ1n) is 11.5. The van der Waals surface area contributed by atoms with Crippen molar-refractivity contribution in [1.29, 1.82) is 0 Å². The van der Waals surface area contributed by atoms with Crippen molar-refractivity contribution in [3.05, 3.63) is 70.4 Å². The quantitative estimate of drug-likeness (QED) is 0.555. The normalized spacial score (nSPS) is 16.4. The van der Waals surface area contributed by atoms with E-state index in [0.717, 1.165) is 53.3 Å². The number of benzene rings is 2. The van der Waals surface area contributed by atoms with Gasteiger partial charge in [0, 0.05) is 35.7 Å². The minimum atomic E-state index is -3.53. The summed E-state index contributed by atoms with van der Waals surface area (Å²) in [5.41, 5.74) is 5.62. The van der Waals surface area contributed by atoms with E-state index in [2.05, 4.69) is 11.4 Å². The zero-order chi connectivity index (χ0) is 23.9. The van der Waals surface area contributed by atoms with Gasteiger partial charge in [-0.3, -0.25) is 4.79 Å². The summed E-state index contributed by atoms with van der Waals surface area (Å²) in [6, 6.07) is 12.4. The first-order chi connectivity index (χ1) is 16.3. The lowest BCUT2D eigenvalue weighted by molar-refractivity contribution is 0.102. The van der Waals surface area contributed by atoms with E-state index in [1.165, 1.54) is 22.0 Å². The lowest BCUT2D eigenvalue weighted by atomic mass is 10.1. The smallest absolute Gasteiger partial charge is 0.256 e. The van der Waals surface area contributed by atoms with Gasteiger partial charge in [-0.05, 0) is 62.6 Å². The summed E-state index contributed by atoms with van der Waals surface area (Å²) in [7, 11) is -3.53. The average molecular weight is 497 g/mol. The third kappa shape index (κ3) is 4.28. The lowest BCUT2D eigenvalue weighted by Crippen LogP contribution is -2.35. The van der Waals surface area contributed by atoms with E-state index in [1.807, 2.05) is 30.7 Å². The molecule has 1 saturated heterocycles. The fourth-order valence-electron chi connectivity index (χ4n) is 4.57. The molecule has 0 aliphatic carbocycles.